The van der Waals surface area contributed by atoms with Crippen LogP contribution >= 0.6 is 0 Å². The van der Waals surface area contributed by atoms with E-state index in [4.69, 9.17) is 20.2 Å². The van der Waals surface area contributed by atoms with Crippen molar-refractivity contribution < 1.29 is 4.79 Å². The molecule has 1 N–H and O–H groups in total. The lowest BCUT2D eigenvalue weighted by Crippen LogP contribution is -2.03. The second-order valence-electron chi connectivity index (χ2n) is 14.0. The summed E-state index contributed by atoms with van der Waals surface area (Å²) >= 11 is 0. The molecule has 0 saturated heterocycles. The molecule has 12 nitrogen and oxygen atoms in total. The average Bonchev–Trinajstić information content (AvgIpc) is 3.99. The van der Waals surface area contributed by atoms with Crippen LogP contribution in [0.3, 0.4) is 0 Å². The Balaban J connectivity index is 0.000000169. The molecule has 0 aliphatic rings. The first-order valence-corrected chi connectivity index (χ1v) is 18.7. The third-order valence-electron chi connectivity index (χ3n) is 9.74. The zero-order valence-corrected chi connectivity index (χ0v) is 32.6. The van der Waals surface area contributed by atoms with Gasteiger partial charge in [-0.1, -0.05) is 38.1 Å². The molecule has 6 aromatic heterocycles. The Labute approximate surface area is 320 Å². The molecule has 0 aliphatic carbocycles. The van der Waals surface area contributed by atoms with Crippen LogP contribution in [0.25, 0.3) is 22.7 Å². The molecule has 0 bridgehead atoms. The van der Waals surface area contributed by atoms with E-state index < -0.39 is 0 Å². The summed E-state index contributed by atoms with van der Waals surface area (Å²) in [5.41, 5.74) is 16.9. The molecule has 12 heteroatoms. The van der Waals surface area contributed by atoms with E-state index in [1.54, 1.807) is 17.1 Å². The lowest BCUT2D eigenvalue weighted by Gasteiger charge is -2.06. The molecule has 8 aromatic rings. The molecule has 0 unspecified atom stereocenters. The predicted octanol–water partition coefficient (Wildman–Crippen LogP) is 6.90. The molecule has 0 fully saturated rings. The molecular formula is C43H47N11O. The highest BCUT2D eigenvalue weighted by Crippen LogP contribution is 2.24. The molecule has 0 spiro atoms. The third kappa shape index (κ3) is 7.85. The van der Waals surface area contributed by atoms with Crippen LogP contribution in [0.4, 0.5) is 0 Å². The Morgan fingerprint density at radius 2 is 1.11 bits per heavy atom. The largest absolute Gasteiger partial charge is 0.316 e. The number of aromatic nitrogens is 10. The summed E-state index contributed by atoms with van der Waals surface area (Å²) in [5, 5.41) is 21.4. The normalized spacial score (nSPS) is 11.3. The highest BCUT2D eigenvalue weighted by molar-refractivity contribution is 5.73. The summed E-state index contributed by atoms with van der Waals surface area (Å²) in [7, 11) is 1.94. The van der Waals surface area contributed by atoms with Gasteiger partial charge in [0.05, 0.1) is 40.7 Å². The Morgan fingerprint density at radius 1 is 0.636 bits per heavy atom. The van der Waals surface area contributed by atoms with Crippen molar-refractivity contribution in [1.29, 1.82) is 0 Å². The van der Waals surface area contributed by atoms with Crippen LogP contribution in [-0.2, 0) is 32.2 Å². The van der Waals surface area contributed by atoms with Gasteiger partial charge in [-0.2, -0.15) is 20.4 Å². The van der Waals surface area contributed by atoms with Gasteiger partial charge in [0, 0.05) is 71.2 Å². The fraction of sp³-hybridized carbons (Fsp3) is 0.279. The fourth-order valence-electron chi connectivity index (χ4n) is 7.02. The van der Waals surface area contributed by atoms with Crippen molar-refractivity contribution in [2.45, 2.75) is 73.8 Å². The molecule has 8 rings (SSSR count). The number of aryl methyl sites for hydroxylation is 6. The number of carbonyl (C=O) groups excluding carboxylic acids is 1. The van der Waals surface area contributed by atoms with Gasteiger partial charge in [-0.3, -0.25) is 4.79 Å². The molecule has 6 heterocycles. The molecular weight excluding hydrogens is 687 g/mol. The SMILES string of the molecule is CCc1nn2c(C)cc(C)nc2c1Cc1ccc(-n2cc(C=O)cn2)cc1.CCc1nn2c(C)cc(C)nc2c1Cc1ccc(-n2cc(CNC)cn2)cc1. The minimum Gasteiger partial charge on any atom is -0.316 e. The Hall–Kier alpha value is -6.27. The van der Waals surface area contributed by atoms with Crippen LogP contribution in [0.15, 0.2) is 85.5 Å². The van der Waals surface area contributed by atoms with Gasteiger partial charge in [0.15, 0.2) is 17.6 Å². The summed E-state index contributed by atoms with van der Waals surface area (Å²) in [4.78, 5) is 20.3. The topological polar surface area (TPSA) is 125 Å². The summed E-state index contributed by atoms with van der Waals surface area (Å²) < 4.78 is 7.54. The second-order valence-corrected chi connectivity index (χ2v) is 14.0. The van der Waals surface area contributed by atoms with Crippen molar-refractivity contribution in [3.63, 3.8) is 0 Å². The molecule has 55 heavy (non-hydrogen) atoms. The number of carbonyl (C=O) groups is 1. The highest BCUT2D eigenvalue weighted by Gasteiger charge is 2.17. The maximum absolute atomic E-state index is 10.8. The maximum Gasteiger partial charge on any atom is 0.159 e. The van der Waals surface area contributed by atoms with E-state index in [0.717, 1.165) is 95.3 Å². The number of rotatable bonds is 11. The van der Waals surface area contributed by atoms with Crippen LogP contribution in [0.5, 0.6) is 0 Å². The summed E-state index contributed by atoms with van der Waals surface area (Å²) in [5.74, 6) is 0. The van der Waals surface area contributed by atoms with Gasteiger partial charge in [0.2, 0.25) is 0 Å². The van der Waals surface area contributed by atoms with Crippen molar-refractivity contribution in [2.75, 3.05) is 7.05 Å². The van der Waals surface area contributed by atoms with E-state index in [1.165, 1.54) is 27.8 Å². The van der Waals surface area contributed by atoms with Crippen molar-refractivity contribution in [1.82, 2.24) is 54.1 Å². The molecule has 0 radical (unpaired) electrons. The Morgan fingerprint density at radius 3 is 1.55 bits per heavy atom. The standard InChI is InChI=1S/C22H26N6.C21H21N5O/c1-5-21-20(22-25-15(2)10-16(3)28(22)26-21)11-17-6-8-19(9-7-17)27-14-18(12-23-4)13-24-27;1-4-20-19(21-23-14(2)9-15(3)26(21)24-20)10-16-5-7-18(8-6-16)25-12-17(13-27)11-22-25/h6-10,13-14,23H,5,11-12H2,1-4H3;5-9,11-13H,4,10H2,1-3H3. The lowest BCUT2D eigenvalue weighted by molar-refractivity contribution is 0.112. The van der Waals surface area contributed by atoms with Crippen LogP contribution in [-0.4, -0.2) is 62.1 Å². The minimum absolute atomic E-state index is 0.565. The number of aldehydes is 1. The number of hydrogen-bond donors (Lipinski definition) is 1. The maximum atomic E-state index is 10.8. The van der Waals surface area contributed by atoms with Crippen LogP contribution < -0.4 is 5.32 Å². The van der Waals surface area contributed by atoms with E-state index >= 15 is 0 Å². The first-order chi connectivity index (χ1) is 26.7. The van der Waals surface area contributed by atoms with Crippen molar-refractivity contribution in [3.05, 3.63) is 153 Å². The van der Waals surface area contributed by atoms with E-state index in [9.17, 15) is 4.79 Å². The van der Waals surface area contributed by atoms with Gasteiger partial charge >= 0.3 is 0 Å². The van der Waals surface area contributed by atoms with Crippen LogP contribution in [0, 0.1) is 27.7 Å². The smallest absolute Gasteiger partial charge is 0.159 e. The first-order valence-electron chi connectivity index (χ1n) is 18.7. The van der Waals surface area contributed by atoms with Crippen molar-refractivity contribution >= 4 is 17.6 Å². The van der Waals surface area contributed by atoms with Crippen LogP contribution in [0.2, 0.25) is 0 Å². The van der Waals surface area contributed by atoms with Crippen molar-refractivity contribution in [3.8, 4) is 11.4 Å². The molecule has 2 aromatic carbocycles. The van der Waals surface area contributed by atoms with Gasteiger partial charge < -0.3 is 5.32 Å². The van der Waals surface area contributed by atoms with E-state index in [2.05, 4.69) is 97.9 Å². The number of hydrogen-bond acceptors (Lipinski definition) is 8. The van der Waals surface area contributed by atoms with E-state index in [0.29, 0.717) is 5.56 Å². The zero-order valence-electron chi connectivity index (χ0n) is 32.6. The molecule has 0 atom stereocenters. The third-order valence-corrected chi connectivity index (χ3v) is 9.74. The van der Waals surface area contributed by atoms with Gasteiger partial charge in [0.25, 0.3) is 0 Å². The Bertz CT molecular complexity index is 2590. The molecule has 0 amide bonds. The first kappa shape index (κ1) is 37.1. The summed E-state index contributed by atoms with van der Waals surface area (Å²) in [6.45, 7) is 13.3. The quantitative estimate of drug-likeness (QED) is 0.142. The average molecular weight is 734 g/mol. The van der Waals surface area contributed by atoms with Crippen molar-refractivity contribution in [2.24, 2.45) is 0 Å². The monoisotopic (exact) mass is 733 g/mol. The number of fused-ring (bicyclic) bond motifs is 2. The lowest BCUT2D eigenvalue weighted by atomic mass is 10.0. The number of benzene rings is 2. The van der Waals surface area contributed by atoms with Gasteiger partial charge in [0.1, 0.15) is 0 Å². The van der Waals surface area contributed by atoms with E-state index in [1.807, 2.05) is 52.9 Å². The summed E-state index contributed by atoms with van der Waals surface area (Å²) in [6, 6.07) is 20.9. The van der Waals surface area contributed by atoms with Gasteiger partial charge in [-0.05, 0) is 95.1 Å². The highest BCUT2D eigenvalue weighted by atomic mass is 16.1. The number of nitrogens with one attached hydrogen (secondary N) is 1. The van der Waals surface area contributed by atoms with E-state index in [-0.39, 0.29) is 0 Å². The fourth-order valence-corrected chi connectivity index (χ4v) is 7.02. The predicted molar refractivity (Wildman–Crippen MR) is 215 cm³/mol. The summed E-state index contributed by atoms with van der Waals surface area (Å²) in [6.07, 6.45) is 11.4. The van der Waals surface area contributed by atoms with Gasteiger partial charge in [-0.15, -0.1) is 0 Å². The van der Waals surface area contributed by atoms with Crippen LogP contribution in [0.1, 0.15) is 86.2 Å². The molecule has 0 saturated carbocycles. The second kappa shape index (κ2) is 16.0. The van der Waals surface area contributed by atoms with Gasteiger partial charge in [-0.25, -0.2) is 28.4 Å². The zero-order chi connectivity index (χ0) is 38.6. The molecule has 280 valence electrons. The minimum atomic E-state index is 0.565. The Kier molecular flexibility index (Phi) is 10.8. The number of nitrogens with zero attached hydrogens (tertiary/aromatic N) is 10. The molecule has 0 aliphatic heterocycles.